The molecule has 0 radical (unpaired) electrons. The first-order valence-corrected chi connectivity index (χ1v) is 4.29. The first-order chi connectivity index (χ1) is 5.47. The van der Waals surface area contributed by atoms with Crippen molar-refractivity contribution in [3.8, 4) is 0 Å². The molecular weight excluding hydrogens is 148 g/mol. The number of nitrogens with zero attached hydrogens (tertiary/aromatic N) is 2. The standard InChI is InChI=1S/C10H17N2/c1-10(2,3)8-9-6-5-7-12(4)11-9/h5-7H,8H2,1-4H3/q+1. The lowest BCUT2D eigenvalue weighted by Crippen LogP contribution is -2.33. The molecule has 0 unspecified atom stereocenters. The van der Waals surface area contributed by atoms with Crippen molar-refractivity contribution >= 4 is 0 Å². The van der Waals surface area contributed by atoms with Gasteiger partial charge in [0.15, 0.2) is 13.2 Å². The van der Waals surface area contributed by atoms with Crippen LogP contribution in [0, 0.1) is 5.41 Å². The van der Waals surface area contributed by atoms with Crippen LogP contribution in [0.2, 0.25) is 0 Å². The van der Waals surface area contributed by atoms with Gasteiger partial charge in [0.25, 0.3) is 0 Å². The molecule has 0 saturated carbocycles. The third-order valence-electron chi connectivity index (χ3n) is 1.59. The highest BCUT2D eigenvalue weighted by molar-refractivity contribution is 4.99. The van der Waals surface area contributed by atoms with E-state index in [9.17, 15) is 0 Å². The molecule has 0 amide bonds. The van der Waals surface area contributed by atoms with Crippen LogP contribution in [0.4, 0.5) is 0 Å². The van der Waals surface area contributed by atoms with Crippen molar-refractivity contribution in [1.29, 1.82) is 0 Å². The zero-order chi connectivity index (χ0) is 9.19. The molecule has 1 aromatic heterocycles. The van der Waals surface area contributed by atoms with Crippen LogP contribution in [0.25, 0.3) is 0 Å². The molecule has 1 rings (SSSR count). The fourth-order valence-electron chi connectivity index (χ4n) is 1.19. The van der Waals surface area contributed by atoms with E-state index in [-0.39, 0.29) is 0 Å². The number of aromatic nitrogens is 2. The Morgan fingerprint density at radius 2 is 2.08 bits per heavy atom. The zero-order valence-electron chi connectivity index (χ0n) is 8.33. The molecule has 66 valence electrons. The van der Waals surface area contributed by atoms with Crippen LogP contribution in [0.1, 0.15) is 26.5 Å². The third kappa shape index (κ3) is 2.99. The molecule has 0 aliphatic heterocycles. The van der Waals surface area contributed by atoms with Crippen LogP contribution < -0.4 is 4.68 Å². The van der Waals surface area contributed by atoms with Crippen LogP contribution in [0.3, 0.4) is 0 Å². The summed E-state index contributed by atoms with van der Waals surface area (Å²) >= 11 is 0. The summed E-state index contributed by atoms with van der Waals surface area (Å²) in [7, 11) is 1.95. The Balaban J connectivity index is 2.77. The van der Waals surface area contributed by atoms with Crippen LogP contribution in [-0.4, -0.2) is 5.10 Å². The summed E-state index contributed by atoms with van der Waals surface area (Å²) < 4.78 is 1.85. The van der Waals surface area contributed by atoms with Gasteiger partial charge in [-0.15, -0.1) is 0 Å². The first kappa shape index (κ1) is 9.17. The molecule has 2 nitrogen and oxygen atoms in total. The first-order valence-electron chi connectivity index (χ1n) is 4.29. The summed E-state index contributed by atoms with van der Waals surface area (Å²) in [6, 6.07) is 4.11. The number of rotatable bonds is 1. The van der Waals surface area contributed by atoms with Gasteiger partial charge in [-0.3, -0.25) is 0 Å². The second-order valence-electron chi connectivity index (χ2n) is 4.41. The monoisotopic (exact) mass is 165 g/mol. The van der Waals surface area contributed by atoms with Crippen molar-refractivity contribution in [2.75, 3.05) is 0 Å². The minimum Gasteiger partial charge on any atom is -0.0938 e. The molecule has 1 aromatic rings. The topological polar surface area (TPSA) is 16.8 Å². The number of aryl methyl sites for hydroxylation is 1. The van der Waals surface area contributed by atoms with Crippen LogP contribution in [0.5, 0.6) is 0 Å². The van der Waals surface area contributed by atoms with E-state index in [2.05, 4.69) is 31.9 Å². The molecule has 1 heterocycles. The quantitative estimate of drug-likeness (QED) is 0.576. The van der Waals surface area contributed by atoms with Crippen LogP contribution >= 0.6 is 0 Å². The van der Waals surface area contributed by atoms with Gasteiger partial charge in [0, 0.05) is 12.5 Å². The smallest absolute Gasteiger partial charge is 0.0938 e. The van der Waals surface area contributed by atoms with Gasteiger partial charge in [-0.1, -0.05) is 25.5 Å². The molecule has 0 atom stereocenters. The van der Waals surface area contributed by atoms with E-state index in [0.717, 1.165) is 12.1 Å². The summed E-state index contributed by atoms with van der Waals surface area (Å²) in [5, 5.41) is 4.38. The van der Waals surface area contributed by atoms with E-state index in [1.165, 1.54) is 0 Å². The van der Waals surface area contributed by atoms with Crippen LogP contribution in [0.15, 0.2) is 18.3 Å². The average Bonchev–Trinajstić information content (AvgIpc) is 1.82. The molecule has 0 aliphatic rings. The van der Waals surface area contributed by atoms with Gasteiger partial charge in [0.1, 0.15) is 5.69 Å². The number of hydrogen-bond acceptors (Lipinski definition) is 1. The summed E-state index contributed by atoms with van der Waals surface area (Å²) in [4.78, 5) is 0. The van der Waals surface area contributed by atoms with Gasteiger partial charge >= 0.3 is 0 Å². The van der Waals surface area contributed by atoms with Gasteiger partial charge in [0.05, 0.1) is 0 Å². The lowest BCUT2D eigenvalue weighted by molar-refractivity contribution is -0.731. The Morgan fingerprint density at radius 1 is 1.42 bits per heavy atom. The van der Waals surface area contributed by atoms with E-state index < -0.39 is 0 Å². The SMILES string of the molecule is C[n+]1cccc(CC(C)(C)C)n1. The molecule has 0 bridgehead atoms. The summed E-state index contributed by atoms with van der Waals surface area (Å²) in [5.74, 6) is 0. The van der Waals surface area contributed by atoms with E-state index in [1.54, 1.807) is 0 Å². The molecule has 0 aromatic carbocycles. The van der Waals surface area contributed by atoms with Crippen molar-refractivity contribution in [3.63, 3.8) is 0 Å². The molecule has 0 saturated heterocycles. The van der Waals surface area contributed by atoms with Gasteiger partial charge in [-0.05, 0) is 16.6 Å². The lowest BCUT2D eigenvalue weighted by Gasteiger charge is -2.15. The van der Waals surface area contributed by atoms with Gasteiger partial charge in [-0.25, -0.2) is 0 Å². The normalized spacial score (nSPS) is 11.7. The maximum Gasteiger partial charge on any atom is 0.196 e. The van der Waals surface area contributed by atoms with Crippen molar-refractivity contribution in [2.24, 2.45) is 12.5 Å². The molecule has 0 N–H and O–H groups in total. The molecular formula is C10H17N2+. The van der Waals surface area contributed by atoms with Gasteiger partial charge in [-0.2, -0.15) is 0 Å². The third-order valence-corrected chi connectivity index (χ3v) is 1.59. The lowest BCUT2D eigenvalue weighted by atomic mass is 9.90. The Morgan fingerprint density at radius 3 is 2.58 bits per heavy atom. The average molecular weight is 165 g/mol. The fraction of sp³-hybridized carbons (Fsp3) is 0.600. The Hall–Kier alpha value is -0.920. The van der Waals surface area contributed by atoms with Gasteiger partial charge in [0.2, 0.25) is 0 Å². The van der Waals surface area contributed by atoms with E-state index in [0.29, 0.717) is 5.41 Å². The Labute approximate surface area is 74.2 Å². The Bertz CT molecular complexity index is 261. The highest BCUT2D eigenvalue weighted by Crippen LogP contribution is 2.17. The predicted molar refractivity (Wildman–Crippen MR) is 48.6 cm³/mol. The molecule has 0 spiro atoms. The van der Waals surface area contributed by atoms with Crippen LogP contribution in [-0.2, 0) is 13.5 Å². The minimum absolute atomic E-state index is 0.321. The minimum atomic E-state index is 0.321. The predicted octanol–water partition coefficient (Wildman–Crippen LogP) is 1.49. The highest BCUT2D eigenvalue weighted by Gasteiger charge is 2.13. The van der Waals surface area contributed by atoms with Crippen molar-refractivity contribution in [1.82, 2.24) is 5.10 Å². The summed E-state index contributed by atoms with van der Waals surface area (Å²) in [6.07, 6.45) is 2.98. The van der Waals surface area contributed by atoms with Crippen molar-refractivity contribution in [2.45, 2.75) is 27.2 Å². The fourth-order valence-corrected chi connectivity index (χ4v) is 1.19. The van der Waals surface area contributed by atoms with E-state index >= 15 is 0 Å². The van der Waals surface area contributed by atoms with Gasteiger partial charge < -0.3 is 0 Å². The second kappa shape index (κ2) is 3.21. The summed E-state index contributed by atoms with van der Waals surface area (Å²) in [6.45, 7) is 6.67. The van der Waals surface area contributed by atoms with E-state index in [4.69, 9.17) is 0 Å². The molecule has 12 heavy (non-hydrogen) atoms. The largest absolute Gasteiger partial charge is 0.196 e. The van der Waals surface area contributed by atoms with Crippen molar-refractivity contribution < 1.29 is 4.68 Å². The molecule has 0 aliphatic carbocycles. The molecule has 0 fully saturated rings. The number of hydrogen-bond donors (Lipinski definition) is 0. The van der Waals surface area contributed by atoms with Crippen molar-refractivity contribution in [3.05, 3.63) is 24.0 Å². The second-order valence-corrected chi connectivity index (χ2v) is 4.41. The highest BCUT2D eigenvalue weighted by atomic mass is 15.2. The van der Waals surface area contributed by atoms with E-state index in [1.807, 2.05) is 24.0 Å². The maximum atomic E-state index is 4.38. The molecule has 2 heteroatoms. The Kier molecular flexibility index (Phi) is 2.46. The zero-order valence-corrected chi connectivity index (χ0v) is 8.33. The maximum absolute atomic E-state index is 4.38. The summed E-state index contributed by atoms with van der Waals surface area (Å²) in [5.41, 5.74) is 1.48.